The van der Waals surface area contributed by atoms with Crippen LogP contribution in [0.2, 0.25) is 5.02 Å². The summed E-state index contributed by atoms with van der Waals surface area (Å²) in [4.78, 5) is 0. The molecule has 1 aromatic heterocycles. The molecule has 4 nitrogen and oxygen atoms in total. The van der Waals surface area contributed by atoms with Crippen molar-refractivity contribution in [3.8, 4) is 16.9 Å². The average Bonchev–Trinajstić information content (AvgIpc) is 2.66. The number of aromatic hydroxyl groups is 1. The zero-order chi connectivity index (χ0) is 13.5. The van der Waals surface area contributed by atoms with E-state index in [9.17, 15) is 18.3 Å². The molecule has 0 aliphatic carbocycles. The van der Waals surface area contributed by atoms with Crippen LogP contribution in [0, 0.1) is 0 Å². The summed E-state index contributed by atoms with van der Waals surface area (Å²) in [5, 5.41) is 12.8. The molecule has 2 rings (SSSR count). The normalized spacial score (nSPS) is 11.8. The molecule has 0 fully saturated rings. The molecule has 0 aliphatic rings. The zero-order valence-corrected chi connectivity index (χ0v) is 9.38. The van der Waals surface area contributed by atoms with Crippen molar-refractivity contribution in [2.75, 3.05) is 5.73 Å². The summed E-state index contributed by atoms with van der Waals surface area (Å²) in [5.74, 6) is -1.18. The first-order valence-electron chi connectivity index (χ1n) is 4.61. The maximum Gasteiger partial charge on any atom is 0.420 e. The van der Waals surface area contributed by atoms with Crippen molar-refractivity contribution >= 4 is 17.5 Å². The maximum atomic E-state index is 12.7. The molecule has 0 amide bonds. The van der Waals surface area contributed by atoms with Gasteiger partial charge in [-0.15, -0.1) is 0 Å². The van der Waals surface area contributed by atoms with E-state index in [4.69, 9.17) is 17.3 Å². The number of nitrogens with two attached hydrogens (primary N) is 1. The molecule has 0 bridgehead atoms. The summed E-state index contributed by atoms with van der Waals surface area (Å²) in [6, 6.07) is 1.78. The Morgan fingerprint density at radius 3 is 2.44 bits per heavy atom. The minimum absolute atomic E-state index is 0.0421. The van der Waals surface area contributed by atoms with Crippen LogP contribution in [0.4, 0.5) is 19.1 Å². The van der Waals surface area contributed by atoms with Crippen LogP contribution in [-0.4, -0.2) is 10.3 Å². The first-order valence-corrected chi connectivity index (χ1v) is 4.98. The Morgan fingerprint density at radius 2 is 1.94 bits per heavy atom. The number of rotatable bonds is 1. The van der Waals surface area contributed by atoms with Crippen LogP contribution in [0.15, 0.2) is 22.9 Å². The second kappa shape index (κ2) is 4.09. The summed E-state index contributed by atoms with van der Waals surface area (Å²) in [6.45, 7) is 0. The summed E-state index contributed by atoms with van der Waals surface area (Å²) >= 11 is 5.59. The fourth-order valence-electron chi connectivity index (χ4n) is 1.47. The van der Waals surface area contributed by atoms with E-state index in [0.29, 0.717) is 6.07 Å². The number of nitrogen functional groups attached to an aromatic ring is 1. The van der Waals surface area contributed by atoms with Gasteiger partial charge in [0.05, 0.1) is 17.3 Å². The van der Waals surface area contributed by atoms with E-state index in [1.54, 1.807) is 0 Å². The summed E-state index contributed by atoms with van der Waals surface area (Å²) < 4.78 is 42.5. The Bertz CT molecular complexity index is 595. The van der Waals surface area contributed by atoms with Gasteiger partial charge in [-0.3, -0.25) is 0 Å². The van der Waals surface area contributed by atoms with Crippen molar-refractivity contribution < 1.29 is 22.8 Å². The third-order valence-electron chi connectivity index (χ3n) is 2.27. The predicted molar refractivity (Wildman–Crippen MR) is 58.0 cm³/mol. The molecule has 0 spiro atoms. The Balaban J connectivity index is 2.70. The monoisotopic (exact) mass is 278 g/mol. The molecule has 0 saturated heterocycles. The lowest BCUT2D eigenvalue weighted by atomic mass is 10.0. The molecule has 1 aromatic carbocycles. The van der Waals surface area contributed by atoms with Gasteiger partial charge in [0, 0.05) is 10.6 Å². The van der Waals surface area contributed by atoms with Crippen molar-refractivity contribution in [3.05, 3.63) is 28.9 Å². The van der Waals surface area contributed by atoms with Gasteiger partial charge in [0.25, 0.3) is 0 Å². The van der Waals surface area contributed by atoms with Gasteiger partial charge in [0.2, 0.25) is 5.88 Å². The van der Waals surface area contributed by atoms with Crippen molar-refractivity contribution in [3.63, 3.8) is 0 Å². The number of hydrogen-bond acceptors (Lipinski definition) is 4. The molecule has 3 N–H and O–H groups in total. The Kier molecular flexibility index (Phi) is 2.86. The highest BCUT2D eigenvalue weighted by Crippen LogP contribution is 2.44. The summed E-state index contributed by atoms with van der Waals surface area (Å²) in [5.41, 5.74) is 4.00. The van der Waals surface area contributed by atoms with Gasteiger partial charge in [-0.05, 0) is 12.1 Å². The lowest BCUT2D eigenvalue weighted by Crippen LogP contribution is -2.06. The van der Waals surface area contributed by atoms with Crippen LogP contribution >= 0.6 is 11.6 Å². The Labute approximate surface area is 104 Å². The lowest BCUT2D eigenvalue weighted by Gasteiger charge is -2.12. The minimum Gasteiger partial charge on any atom is -0.507 e. The van der Waals surface area contributed by atoms with Gasteiger partial charge in [0.15, 0.2) is 0 Å². The van der Waals surface area contributed by atoms with E-state index < -0.39 is 17.5 Å². The smallest absolute Gasteiger partial charge is 0.420 e. The van der Waals surface area contributed by atoms with Crippen LogP contribution in [0.1, 0.15) is 5.56 Å². The number of benzene rings is 1. The standard InChI is InChI=1S/C10H6ClF3N2O2/c11-4-1-5(6-3-16-18-9(6)15)8(17)7(2-4)10(12,13)14/h1-3,17H,15H2. The summed E-state index contributed by atoms with van der Waals surface area (Å²) in [7, 11) is 0. The molecule has 18 heavy (non-hydrogen) atoms. The number of hydrogen-bond donors (Lipinski definition) is 2. The molecule has 2 aromatic rings. The molecule has 0 radical (unpaired) electrons. The molecular formula is C10H6ClF3N2O2. The average molecular weight is 279 g/mol. The number of halogens is 4. The van der Waals surface area contributed by atoms with Gasteiger partial charge in [-0.1, -0.05) is 16.8 Å². The van der Waals surface area contributed by atoms with Gasteiger partial charge in [-0.25, -0.2) is 0 Å². The van der Waals surface area contributed by atoms with Crippen LogP contribution in [0.5, 0.6) is 5.75 Å². The minimum atomic E-state index is -4.73. The fourth-order valence-corrected chi connectivity index (χ4v) is 1.69. The quantitative estimate of drug-likeness (QED) is 0.839. The topological polar surface area (TPSA) is 72.3 Å². The maximum absolute atomic E-state index is 12.7. The van der Waals surface area contributed by atoms with Gasteiger partial charge < -0.3 is 15.4 Å². The number of aromatic nitrogens is 1. The number of phenols is 1. The lowest BCUT2D eigenvalue weighted by molar-refractivity contribution is -0.138. The van der Waals surface area contributed by atoms with Crippen molar-refractivity contribution in [1.29, 1.82) is 0 Å². The van der Waals surface area contributed by atoms with Gasteiger partial charge in [0.1, 0.15) is 5.75 Å². The zero-order valence-electron chi connectivity index (χ0n) is 8.62. The third kappa shape index (κ3) is 2.08. The molecule has 96 valence electrons. The number of anilines is 1. The second-order valence-corrected chi connectivity index (χ2v) is 3.89. The highest BCUT2D eigenvalue weighted by Gasteiger charge is 2.36. The predicted octanol–water partition coefficient (Wildman–Crippen LogP) is 3.30. The Morgan fingerprint density at radius 1 is 1.28 bits per heavy atom. The van der Waals surface area contributed by atoms with Gasteiger partial charge in [-0.2, -0.15) is 13.2 Å². The second-order valence-electron chi connectivity index (χ2n) is 3.45. The largest absolute Gasteiger partial charge is 0.507 e. The van der Waals surface area contributed by atoms with E-state index >= 15 is 0 Å². The van der Waals surface area contributed by atoms with Gasteiger partial charge >= 0.3 is 6.18 Å². The molecule has 0 aliphatic heterocycles. The highest BCUT2D eigenvalue weighted by molar-refractivity contribution is 6.31. The number of phenolic OH excluding ortho intramolecular Hbond substituents is 1. The first-order chi connectivity index (χ1) is 8.30. The molecule has 8 heteroatoms. The van der Waals surface area contributed by atoms with Crippen molar-refractivity contribution in [1.82, 2.24) is 5.16 Å². The van der Waals surface area contributed by atoms with E-state index in [1.165, 1.54) is 0 Å². The fraction of sp³-hybridized carbons (Fsp3) is 0.100. The van der Waals surface area contributed by atoms with Crippen molar-refractivity contribution in [2.24, 2.45) is 0 Å². The third-order valence-corrected chi connectivity index (χ3v) is 2.49. The molecular weight excluding hydrogens is 273 g/mol. The summed E-state index contributed by atoms with van der Waals surface area (Å²) in [6.07, 6.45) is -3.63. The number of alkyl halides is 3. The van der Waals surface area contributed by atoms with Crippen molar-refractivity contribution in [2.45, 2.75) is 6.18 Å². The van der Waals surface area contributed by atoms with Crippen LogP contribution in [-0.2, 0) is 6.18 Å². The molecule has 0 saturated carbocycles. The van der Waals surface area contributed by atoms with Crippen LogP contribution in [0.25, 0.3) is 11.1 Å². The molecule has 1 heterocycles. The first kappa shape index (κ1) is 12.6. The SMILES string of the molecule is Nc1oncc1-c1cc(Cl)cc(C(F)(F)F)c1O. The molecule has 0 unspecified atom stereocenters. The highest BCUT2D eigenvalue weighted by atomic mass is 35.5. The molecule has 0 atom stereocenters. The van der Waals surface area contributed by atoms with E-state index in [0.717, 1.165) is 12.3 Å². The van der Waals surface area contributed by atoms with E-state index in [1.807, 2.05) is 0 Å². The van der Waals surface area contributed by atoms with E-state index in [2.05, 4.69) is 9.68 Å². The Hall–Kier alpha value is -1.89. The van der Waals surface area contributed by atoms with Crippen LogP contribution < -0.4 is 5.73 Å². The van der Waals surface area contributed by atoms with E-state index in [-0.39, 0.29) is 22.0 Å². The van der Waals surface area contributed by atoms with Crippen LogP contribution in [0.3, 0.4) is 0 Å². The number of nitrogens with zero attached hydrogens (tertiary/aromatic N) is 1.